The average Bonchev–Trinajstić information content (AvgIpc) is 3.36. The van der Waals surface area contributed by atoms with Crippen molar-refractivity contribution in [3.05, 3.63) is 43.0 Å². The van der Waals surface area contributed by atoms with Crippen molar-refractivity contribution in [3.63, 3.8) is 0 Å². The largest absolute Gasteiger partial charge is 0.411 e. The highest BCUT2D eigenvalue weighted by atomic mass is 19.4. The van der Waals surface area contributed by atoms with Crippen molar-refractivity contribution in [3.8, 4) is 11.4 Å². The molecule has 0 amide bonds. The van der Waals surface area contributed by atoms with Crippen LogP contribution in [-0.4, -0.2) is 31.7 Å². The summed E-state index contributed by atoms with van der Waals surface area (Å²) in [5.41, 5.74) is -0.733. The van der Waals surface area contributed by atoms with E-state index in [2.05, 4.69) is 25.3 Å². The number of nitrogens with one attached hydrogen (secondary N) is 1. The van der Waals surface area contributed by atoms with Gasteiger partial charge in [0.15, 0.2) is 5.82 Å². The Hall–Kier alpha value is -2.77. The Morgan fingerprint density at radius 3 is 2.33 bits per heavy atom. The first-order valence-electron chi connectivity index (χ1n) is 7.36. The third-order valence-electron chi connectivity index (χ3n) is 4.09. The maximum Gasteiger partial charge on any atom is 0.411 e. The van der Waals surface area contributed by atoms with Crippen LogP contribution in [0.1, 0.15) is 12.8 Å². The maximum absolute atomic E-state index is 13.3. The summed E-state index contributed by atoms with van der Waals surface area (Å²) in [6.07, 6.45) is 1.94. The molecule has 3 heterocycles. The van der Waals surface area contributed by atoms with Crippen molar-refractivity contribution in [1.82, 2.24) is 19.9 Å². The lowest BCUT2D eigenvalue weighted by Crippen LogP contribution is -2.39. The van der Waals surface area contributed by atoms with Gasteiger partial charge in [-0.1, -0.05) is 0 Å². The van der Waals surface area contributed by atoms with Crippen molar-refractivity contribution >= 4 is 16.7 Å². The Labute approximate surface area is 135 Å². The molecule has 0 spiro atoms. The summed E-state index contributed by atoms with van der Waals surface area (Å²) in [5, 5.41) is 3.12. The summed E-state index contributed by atoms with van der Waals surface area (Å²) in [4.78, 5) is 16.7. The summed E-state index contributed by atoms with van der Waals surface area (Å²) in [6, 6.07) is 5.02. The predicted molar refractivity (Wildman–Crippen MR) is 82.2 cm³/mol. The average molecular weight is 331 g/mol. The Balaban J connectivity index is 1.85. The number of nitrogens with zero attached hydrogens (tertiary/aromatic N) is 4. The zero-order valence-electron chi connectivity index (χ0n) is 12.4. The van der Waals surface area contributed by atoms with Gasteiger partial charge in [-0.3, -0.25) is 9.97 Å². The van der Waals surface area contributed by atoms with E-state index in [1.54, 1.807) is 30.6 Å². The molecule has 0 atom stereocenters. The molecule has 24 heavy (non-hydrogen) atoms. The number of halogens is 3. The molecule has 3 aromatic rings. The van der Waals surface area contributed by atoms with Gasteiger partial charge in [-0.15, -0.1) is 0 Å². The lowest BCUT2D eigenvalue weighted by Gasteiger charge is -2.22. The smallest absolute Gasteiger partial charge is 0.356 e. The molecule has 0 saturated heterocycles. The predicted octanol–water partition coefficient (Wildman–Crippen LogP) is 3.59. The zero-order valence-corrected chi connectivity index (χ0v) is 12.4. The van der Waals surface area contributed by atoms with Crippen molar-refractivity contribution in [1.29, 1.82) is 0 Å². The van der Waals surface area contributed by atoms with E-state index in [1.807, 2.05) is 0 Å². The lowest BCUT2D eigenvalue weighted by atomic mass is 10.2. The van der Waals surface area contributed by atoms with Crippen molar-refractivity contribution in [2.24, 2.45) is 0 Å². The van der Waals surface area contributed by atoms with E-state index in [0.717, 1.165) is 0 Å². The normalized spacial score (nSPS) is 16.1. The number of hydrogen-bond acceptors (Lipinski definition) is 5. The molecule has 0 unspecified atom stereocenters. The Kier molecular flexibility index (Phi) is 3.16. The molecule has 8 heteroatoms. The van der Waals surface area contributed by atoms with Gasteiger partial charge in [0, 0.05) is 29.5 Å². The molecule has 0 bridgehead atoms. The quantitative estimate of drug-likeness (QED) is 0.794. The number of fused-ring (bicyclic) bond motifs is 1. The third-order valence-corrected chi connectivity index (χ3v) is 4.09. The molecule has 3 aromatic heterocycles. The van der Waals surface area contributed by atoms with Crippen LogP contribution in [0.15, 0.2) is 43.0 Å². The highest BCUT2D eigenvalue weighted by Gasteiger charge is 2.63. The Morgan fingerprint density at radius 1 is 0.958 bits per heavy atom. The first-order valence-corrected chi connectivity index (χ1v) is 7.36. The van der Waals surface area contributed by atoms with E-state index in [9.17, 15) is 13.2 Å². The van der Waals surface area contributed by atoms with Crippen LogP contribution in [0.3, 0.4) is 0 Å². The highest BCUT2D eigenvalue weighted by Crippen LogP contribution is 2.51. The molecule has 1 aliphatic carbocycles. The van der Waals surface area contributed by atoms with Crippen LogP contribution < -0.4 is 5.32 Å². The van der Waals surface area contributed by atoms with E-state index in [-0.39, 0.29) is 18.7 Å². The summed E-state index contributed by atoms with van der Waals surface area (Å²) >= 11 is 0. The van der Waals surface area contributed by atoms with Crippen LogP contribution in [0.2, 0.25) is 0 Å². The molecule has 1 N–H and O–H groups in total. The molecular weight excluding hydrogens is 319 g/mol. The van der Waals surface area contributed by atoms with Gasteiger partial charge in [0.25, 0.3) is 0 Å². The topological polar surface area (TPSA) is 63.6 Å². The van der Waals surface area contributed by atoms with Crippen molar-refractivity contribution < 1.29 is 13.2 Å². The van der Waals surface area contributed by atoms with E-state index >= 15 is 0 Å². The molecule has 1 fully saturated rings. The van der Waals surface area contributed by atoms with Gasteiger partial charge in [0.05, 0.1) is 11.7 Å². The standard InChI is InChI=1S/C16H12F3N5/c17-16(18,19)15(4-5-15)24-14-11-3-8-21-9-12(11)22-13(23-14)10-1-6-20-7-2-10/h1-3,6-9H,4-5H2,(H,22,23,24). The lowest BCUT2D eigenvalue weighted by molar-refractivity contribution is -0.151. The van der Waals surface area contributed by atoms with E-state index in [4.69, 9.17) is 0 Å². The minimum absolute atomic E-state index is 0.0394. The van der Waals surface area contributed by atoms with Gasteiger partial charge in [-0.25, -0.2) is 9.97 Å². The van der Waals surface area contributed by atoms with Gasteiger partial charge in [-0.2, -0.15) is 13.2 Å². The summed E-state index contributed by atoms with van der Waals surface area (Å²) < 4.78 is 39.8. The number of rotatable bonds is 3. The SMILES string of the molecule is FC(F)(F)C1(Nc2nc(-c3ccncc3)nc3cnccc23)CC1. The van der Waals surface area contributed by atoms with E-state index < -0.39 is 11.7 Å². The second-order valence-corrected chi connectivity index (χ2v) is 5.73. The Morgan fingerprint density at radius 2 is 1.67 bits per heavy atom. The van der Waals surface area contributed by atoms with Crippen LogP contribution in [0.4, 0.5) is 19.0 Å². The molecule has 0 aliphatic heterocycles. The van der Waals surface area contributed by atoms with Crippen LogP contribution in [0.5, 0.6) is 0 Å². The van der Waals surface area contributed by atoms with Crippen LogP contribution in [0, 0.1) is 0 Å². The number of aromatic nitrogens is 4. The van der Waals surface area contributed by atoms with Gasteiger partial charge in [-0.05, 0) is 31.0 Å². The molecule has 4 rings (SSSR count). The first-order chi connectivity index (χ1) is 11.5. The monoisotopic (exact) mass is 331 g/mol. The second kappa shape index (κ2) is 5.12. The van der Waals surface area contributed by atoms with Gasteiger partial charge < -0.3 is 5.32 Å². The van der Waals surface area contributed by atoms with Gasteiger partial charge in [0.1, 0.15) is 11.4 Å². The van der Waals surface area contributed by atoms with Crippen molar-refractivity contribution in [2.45, 2.75) is 24.6 Å². The summed E-state index contributed by atoms with van der Waals surface area (Å²) in [6.45, 7) is 0. The molecule has 1 saturated carbocycles. The zero-order chi connectivity index (χ0) is 16.8. The van der Waals surface area contributed by atoms with Gasteiger partial charge in [0.2, 0.25) is 0 Å². The fraction of sp³-hybridized carbons (Fsp3) is 0.250. The molecule has 0 aromatic carbocycles. The molecule has 0 radical (unpaired) electrons. The van der Waals surface area contributed by atoms with Crippen LogP contribution in [-0.2, 0) is 0 Å². The molecular formula is C16H12F3N5. The molecule has 122 valence electrons. The second-order valence-electron chi connectivity index (χ2n) is 5.73. The Bertz CT molecular complexity index is 891. The number of alkyl halides is 3. The number of hydrogen-bond donors (Lipinski definition) is 1. The summed E-state index contributed by atoms with van der Waals surface area (Å²) in [7, 11) is 0. The minimum Gasteiger partial charge on any atom is -0.356 e. The van der Waals surface area contributed by atoms with Crippen molar-refractivity contribution in [2.75, 3.05) is 5.32 Å². The third kappa shape index (κ3) is 2.44. The highest BCUT2D eigenvalue weighted by molar-refractivity contribution is 5.90. The molecule has 5 nitrogen and oxygen atoms in total. The molecule has 1 aliphatic rings. The minimum atomic E-state index is -4.33. The van der Waals surface area contributed by atoms with E-state index in [0.29, 0.717) is 22.3 Å². The fourth-order valence-corrected chi connectivity index (χ4v) is 2.54. The number of pyridine rings is 2. The number of anilines is 1. The first kappa shape index (κ1) is 14.8. The van der Waals surface area contributed by atoms with Crippen LogP contribution in [0.25, 0.3) is 22.3 Å². The van der Waals surface area contributed by atoms with E-state index in [1.165, 1.54) is 12.4 Å². The summed E-state index contributed by atoms with van der Waals surface area (Å²) in [5.74, 6) is 0.502. The van der Waals surface area contributed by atoms with Gasteiger partial charge >= 0.3 is 6.18 Å². The maximum atomic E-state index is 13.3. The fourth-order valence-electron chi connectivity index (χ4n) is 2.54. The van der Waals surface area contributed by atoms with Crippen LogP contribution >= 0.6 is 0 Å².